The molecule has 0 bridgehead atoms. The van der Waals surface area contributed by atoms with Crippen LogP contribution in [0.25, 0.3) is 0 Å². The summed E-state index contributed by atoms with van der Waals surface area (Å²) in [6.45, 7) is 4.36. The average Bonchev–Trinajstić information content (AvgIpc) is 2.90. The maximum Gasteiger partial charge on any atom is 0.183 e. The molecule has 22 heavy (non-hydrogen) atoms. The first-order chi connectivity index (χ1) is 10.8. The zero-order valence-corrected chi connectivity index (χ0v) is 14.8. The topological polar surface area (TPSA) is 28.2 Å². The Kier molecular flexibility index (Phi) is 4.26. The molecule has 1 aliphatic carbocycles. The van der Waals surface area contributed by atoms with Gasteiger partial charge in [0.1, 0.15) is 0 Å². The number of nitrogens with zero attached hydrogens (tertiary/aromatic N) is 2. The highest BCUT2D eigenvalue weighted by molar-refractivity contribution is 7.15. The molecule has 1 saturated heterocycles. The van der Waals surface area contributed by atoms with Crippen molar-refractivity contribution in [3.63, 3.8) is 0 Å². The van der Waals surface area contributed by atoms with E-state index in [1.54, 1.807) is 22.7 Å². The van der Waals surface area contributed by atoms with Gasteiger partial charge in [-0.3, -0.25) is 4.90 Å². The molecular weight excluding hydrogens is 334 g/mol. The molecule has 4 rings (SSSR count). The predicted molar refractivity (Wildman–Crippen MR) is 93.6 cm³/mol. The van der Waals surface area contributed by atoms with Crippen molar-refractivity contribution in [1.82, 2.24) is 15.2 Å². The molecule has 2 fully saturated rings. The van der Waals surface area contributed by atoms with E-state index in [0.717, 1.165) is 19.1 Å². The van der Waals surface area contributed by atoms with Crippen LogP contribution < -0.4 is 5.32 Å². The van der Waals surface area contributed by atoms with Gasteiger partial charge in [-0.05, 0) is 60.2 Å². The van der Waals surface area contributed by atoms with Gasteiger partial charge in [-0.1, -0.05) is 11.6 Å². The van der Waals surface area contributed by atoms with Crippen LogP contribution in [0, 0.1) is 5.41 Å². The quantitative estimate of drug-likeness (QED) is 0.880. The molecule has 6 heteroatoms. The van der Waals surface area contributed by atoms with Crippen molar-refractivity contribution in [1.29, 1.82) is 0 Å². The first-order valence-electron chi connectivity index (χ1n) is 7.81. The number of hydrogen-bond acceptors (Lipinski definition) is 5. The van der Waals surface area contributed by atoms with Crippen molar-refractivity contribution < 1.29 is 0 Å². The molecule has 2 aromatic heterocycles. The van der Waals surface area contributed by atoms with E-state index in [4.69, 9.17) is 11.6 Å². The highest BCUT2D eigenvalue weighted by atomic mass is 35.5. The predicted octanol–water partition coefficient (Wildman–Crippen LogP) is 4.00. The molecule has 3 nitrogen and oxygen atoms in total. The van der Waals surface area contributed by atoms with Gasteiger partial charge in [0.05, 0.1) is 0 Å². The number of halogens is 1. The normalized spacial score (nSPS) is 23.3. The smallest absolute Gasteiger partial charge is 0.183 e. The van der Waals surface area contributed by atoms with E-state index in [0.29, 0.717) is 9.88 Å². The fourth-order valence-corrected chi connectivity index (χ4v) is 5.42. The number of piperidine rings is 1. The van der Waals surface area contributed by atoms with Gasteiger partial charge in [0.25, 0.3) is 0 Å². The van der Waals surface area contributed by atoms with E-state index in [9.17, 15) is 0 Å². The maximum atomic E-state index is 6.01. The lowest BCUT2D eigenvalue weighted by Crippen LogP contribution is -2.35. The highest BCUT2D eigenvalue weighted by Crippen LogP contribution is 2.56. The van der Waals surface area contributed by atoms with Crippen molar-refractivity contribution >= 4 is 34.3 Å². The summed E-state index contributed by atoms with van der Waals surface area (Å²) in [5.74, 6) is 0. The third-order valence-corrected chi connectivity index (χ3v) is 6.87. The molecule has 1 N–H and O–H groups in total. The first kappa shape index (κ1) is 15.1. The summed E-state index contributed by atoms with van der Waals surface area (Å²) in [7, 11) is 0. The van der Waals surface area contributed by atoms with E-state index in [2.05, 4.69) is 32.0 Å². The van der Waals surface area contributed by atoms with Crippen LogP contribution in [-0.2, 0) is 13.1 Å². The molecule has 0 radical (unpaired) electrons. The van der Waals surface area contributed by atoms with Crippen LogP contribution in [0.1, 0.15) is 29.7 Å². The van der Waals surface area contributed by atoms with Crippen LogP contribution in [0.5, 0.6) is 0 Å². The Bertz CT molecular complexity index is 619. The number of thiazole rings is 1. The van der Waals surface area contributed by atoms with Gasteiger partial charge < -0.3 is 5.32 Å². The monoisotopic (exact) mass is 353 g/mol. The minimum Gasteiger partial charge on any atom is -0.317 e. The fraction of sp³-hybridized carbons (Fsp3) is 0.562. The highest BCUT2D eigenvalue weighted by Gasteiger charge is 2.56. The number of rotatable bonds is 5. The molecule has 1 spiro atoms. The van der Waals surface area contributed by atoms with E-state index in [1.165, 1.54) is 42.8 Å². The van der Waals surface area contributed by atoms with Crippen molar-refractivity contribution in [3.8, 4) is 0 Å². The Morgan fingerprint density at radius 1 is 1.36 bits per heavy atom. The van der Waals surface area contributed by atoms with Crippen LogP contribution in [0.2, 0.25) is 4.47 Å². The van der Waals surface area contributed by atoms with Crippen LogP contribution in [0.4, 0.5) is 0 Å². The molecule has 2 aromatic rings. The summed E-state index contributed by atoms with van der Waals surface area (Å²) in [5.41, 5.74) is 1.99. The van der Waals surface area contributed by atoms with Gasteiger partial charge >= 0.3 is 0 Å². The summed E-state index contributed by atoms with van der Waals surface area (Å²) in [5, 5.41) is 7.94. The third kappa shape index (κ3) is 3.10. The summed E-state index contributed by atoms with van der Waals surface area (Å²) < 4.78 is 0.651. The molecule has 1 atom stereocenters. The van der Waals surface area contributed by atoms with Gasteiger partial charge in [0.15, 0.2) is 4.47 Å². The standard InChI is InChI=1S/C16H20ClN3S2/c17-15-19-8-13(22-15)10-20(9-12-1-6-21-11-12)14-7-16(14)2-4-18-5-3-16/h1,6,8,11,14,18H,2-5,7,9-10H2/t14-/m1/s1. The molecule has 3 heterocycles. The number of hydrogen-bond donors (Lipinski definition) is 1. The van der Waals surface area contributed by atoms with Crippen molar-refractivity contribution in [2.45, 2.75) is 38.4 Å². The average molecular weight is 354 g/mol. The summed E-state index contributed by atoms with van der Waals surface area (Å²) in [6, 6.07) is 2.96. The fourth-order valence-electron chi connectivity index (χ4n) is 3.75. The minimum absolute atomic E-state index is 0.565. The van der Waals surface area contributed by atoms with Crippen LogP contribution in [-0.4, -0.2) is 29.0 Å². The minimum atomic E-state index is 0.565. The van der Waals surface area contributed by atoms with Crippen molar-refractivity contribution in [3.05, 3.63) is 37.9 Å². The first-order valence-corrected chi connectivity index (χ1v) is 9.95. The van der Waals surface area contributed by atoms with Gasteiger partial charge in [0.2, 0.25) is 0 Å². The molecule has 0 aromatic carbocycles. The number of nitrogens with one attached hydrogen (secondary N) is 1. The lowest BCUT2D eigenvalue weighted by molar-refractivity contribution is 0.189. The largest absolute Gasteiger partial charge is 0.317 e. The lowest BCUT2D eigenvalue weighted by atomic mass is 9.93. The Morgan fingerprint density at radius 2 is 2.23 bits per heavy atom. The Labute approximate surface area is 144 Å². The second-order valence-electron chi connectivity index (χ2n) is 6.45. The van der Waals surface area contributed by atoms with Gasteiger partial charge in [0, 0.05) is 30.2 Å². The van der Waals surface area contributed by atoms with Gasteiger partial charge in [-0.15, -0.1) is 11.3 Å². The zero-order chi connectivity index (χ0) is 15.0. The van der Waals surface area contributed by atoms with E-state index < -0.39 is 0 Å². The van der Waals surface area contributed by atoms with E-state index in [1.807, 2.05) is 6.20 Å². The Morgan fingerprint density at radius 3 is 2.91 bits per heavy atom. The summed E-state index contributed by atoms with van der Waals surface area (Å²) >= 11 is 9.40. The molecule has 2 aliphatic rings. The molecule has 118 valence electrons. The molecular formula is C16H20ClN3S2. The number of thiophene rings is 1. The van der Waals surface area contributed by atoms with Gasteiger partial charge in [-0.25, -0.2) is 4.98 Å². The second-order valence-corrected chi connectivity index (χ2v) is 8.93. The van der Waals surface area contributed by atoms with Gasteiger partial charge in [-0.2, -0.15) is 11.3 Å². The molecule has 1 saturated carbocycles. The van der Waals surface area contributed by atoms with Crippen LogP contribution in [0.3, 0.4) is 0 Å². The third-order valence-electron chi connectivity index (χ3n) is 5.04. The van der Waals surface area contributed by atoms with Crippen LogP contribution >= 0.6 is 34.3 Å². The number of aromatic nitrogens is 1. The van der Waals surface area contributed by atoms with Crippen molar-refractivity contribution in [2.24, 2.45) is 5.41 Å². The summed E-state index contributed by atoms with van der Waals surface area (Å²) in [6.07, 6.45) is 5.93. The maximum absolute atomic E-state index is 6.01. The second kappa shape index (κ2) is 6.21. The SMILES string of the molecule is Clc1ncc(CN(Cc2ccsc2)[C@@H]2CC23CCNCC3)s1. The van der Waals surface area contributed by atoms with Crippen molar-refractivity contribution in [2.75, 3.05) is 13.1 Å². The molecule has 1 aliphatic heterocycles. The lowest BCUT2D eigenvalue weighted by Gasteiger charge is -2.29. The van der Waals surface area contributed by atoms with Crippen LogP contribution in [0.15, 0.2) is 23.0 Å². The van der Waals surface area contributed by atoms with E-state index in [-0.39, 0.29) is 0 Å². The van der Waals surface area contributed by atoms with E-state index >= 15 is 0 Å². The Balaban J connectivity index is 1.50. The zero-order valence-electron chi connectivity index (χ0n) is 12.4. The molecule has 0 amide bonds. The Hall–Kier alpha value is -0.460. The molecule has 0 unspecified atom stereocenters. The summed E-state index contributed by atoms with van der Waals surface area (Å²) in [4.78, 5) is 8.12.